The van der Waals surface area contributed by atoms with Crippen LogP contribution in [-0.4, -0.2) is 30.5 Å². The molecule has 0 atom stereocenters. The molecule has 0 spiro atoms. The van der Waals surface area contributed by atoms with E-state index in [9.17, 15) is 13.2 Å². The fourth-order valence-electron chi connectivity index (χ4n) is 1.51. The van der Waals surface area contributed by atoms with Crippen LogP contribution in [0.15, 0.2) is 35.2 Å². The lowest BCUT2D eigenvalue weighted by Gasteiger charge is -2.06. The fourth-order valence-corrected chi connectivity index (χ4v) is 2.59. The van der Waals surface area contributed by atoms with Crippen LogP contribution < -0.4 is 5.32 Å². The van der Waals surface area contributed by atoms with E-state index >= 15 is 0 Å². The van der Waals surface area contributed by atoms with E-state index < -0.39 is 15.7 Å². The maximum atomic E-state index is 12.1. The van der Waals surface area contributed by atoms with E-state index in [1.807, 2.05) is 0 Å². The predicted octanol–water partition coefficient (Wildman–Crippen LogP) is 2.44. The predicted molar refractivity (Wildman–Crippen MR) is 79.6 cm³/mol. The van der Waals surface area contributed by atoms with Gasteiger partial charge in [-0.25, -0.2) is 18.4 Å². The lowest BCUT2D eigenvalue weighted by Crippen LogP contribution is -2.14. The van der Waals surface area contributed by atoms with Crippen molar-refractivity contribution in [1.29, 1.82) is 0 Å². The van der Waals surface area contributed by atoms with Gasteiger partial charge in [-0.3, -0.25) is 4.79 Å². The number of amides is 1. The summed E-state index contributed by atoms with van der Waals surface area (Å²) in [7, 11) is -3.39. The van der Waals surface area contributed by atoms with Crippen molar-refractivity contribution in [2.45, 2.75) is 4.90 Å². The molecule has 1 aromatic carbocycles. The van der Waals surface area contributed by atoms with Gasteiger partial charge in [-0.1, -0.05) is 17.7 Å². The van der Waals surface area contributed by atoms with Crippen molar-refractivity contribution in [3.05, 3.63) is 46.3 Å². The molecule has 1 heterocycles. The molecule has 9 heteroatoms. The molecule has 21 heavy (non-hydrogen) atoms. The van der Waals surface area contributed by atoms with Gasteiger partial charge in [0, 0.05) is 17.9 Å². The van der Waals surface area contributed by atoms with Crippen LogP contribution in [0, 0.1) is 0 Å². The Labute approximate surface area is 131 Å². The second-order valence-corrected chi connectivity index (χ2v) is 6.84. The number of sulfone groups is 1. The summed E-state index contributed by atoms with van der Waals surface area (Å²) in [6, 6.07) is 6.96. The van der Waals surface area contributed by atoms with Gasteiger partial charge in [0.2, 0.25) is 5.28 Å². The van der Waals surface area contributed by atoms with Crippen molar-refractivity contribution in [2.24, 2.45) is 0 Å². The fraction of sp³-hybridized carbons (Fsp3) is 0.0833. The Bertz CT molecular complexity index is 789. The number of nitrogens with zero attached hydrogens (tertiary/aromatic N) is 2. The average Bonchev–Trinajstić information content (AvgIpc) is 2.36. The van der Waals surface area contributed by atoms with E-state index in [2.05, 4.69) is 15.3 Å². The third-order valence-corrected chi connectivity index (χ3v) is 3.91. The van der Waals surface area contributed by atoms with Gasteiger partial charge in [0.05, 0.1) is 4.90 Å². The number of benzene rings is 1. The third-order valence-electron chi connectivity index (χ3n) is 2.43. The summed E-state index contributed by atoms with van der Waals surface area (Å²) in [4.78, 5) is 19.6. The van der Waals surface area contributed by atoms with E-state index in [-0.39, 0.29) is 26.7 Å². The van der Waals surface area contributed by atoms with Crippen LogP contribution in [0.25, 0.3) is 0 Å². The number of carbonyl (C=O) groups is 1. The number of rotatable bonds is 3. The Hall–Kier alpha value is -1.70. The minimum atomic E-state index is -3.39. The largest absolute Gasteiger partial charge is 0.306 e. The van der Waals surface area contributed by atoms with Crippen LogP contribution in [0.4, 0.5) is 5.82 Å². The molecule has 1 aromatic heterocycles. The molecule has 6 nitrogen and oxygen atoms in total. The summed E-state index contributed by atoms with van der Waals surface area (Å²) in [5, 5.41) is 2.44. The lowest BCUT2D eigenvalue weighted by atomic mass is 10.2. The summed E-state index contributed by atoms with van der Waals surface area (Å²) in [5.41, 5.74) is 0.170. The van der Waals surface area contributed by atoms with E-state index in [1.165, 1.54) is 30.3 Å². The highest BCUT2D eigenvalue weighted by atomic mass is 35.5. The number of nitrogens with one attached hydrogen (secondary N) is 1. The van der Waals surface area contributed by atoms with Crippen LogP contribution in [0.1, 0.15) is 10.4 Å². The van der Waals surface area contributed by atoms with Crippen LogP contribution in [0.2, 0.25) is 10.4 Å². The number of aromatic nitrogens is 2. The Balaban J connectivity index is 2.28. The molecule has 0 bridgehead atoms. The topological polar surface area (TPSA) is 89.0 Å². The molecule has 0 radical (unpaired) electrons. The first-order chi connectivity index (χ1) is 9.75. The molecule has 2 aromatic rings. The maximum Gasteiger partial charge on any atom is 0.256 e. The molecule has 0 aliphatic carbocycles. The van der Waals surface area contributed by atoms with Crippen LogP contribution in [0.5, 0.6) is 0 Å². The SMILES string of the molecule is CS(=O)(=O)c1cccc(C(=O)Nc2cc(Cl)nc(Cl)n2)c1. The summed E-state index contributed by atoms with van der Waals surface area (Å²) in [6.45, 7) is 0. The highest BCUT2D eigenvalue weighted by Gasteiger charge is 2.13. The van der Waals surface area contributed by atoms with Crippen LogP contribution in [-0.2, 0) is 9.84 Å². The van der Waals surface area contributed by atoms with Crippen molar-refractivity contribution in [2.75, 3.05) is 11.6 Å². The van der Waals surface area contributed by atoms with Gasteiger partial charge in [-0.15, -0.1) is 0 Å². The number of carbonyl (C=O) groups excluding carboxylic acids is 1. The first-order valence-electron chi connectivity index (χ1n) is 5.57. The molecule has 2 rings (SSSR count). The number of halogens is 2. The van der Waals surface area contributed by atoms with Crippen molar-refractivity contribution in [3.8, 4) is 0 Å². The molecule has 110 valence electrons. The zero-order valence-electron chi connectivity index (χ0n) is 10.7. The third kappa shape index (κ3) is 4.13. The van der Waals surface area contributed by atoms with Gasteiger partial charge in [-0.05, 0) is 29.8 Å². The van der Waals surface area contributed by atoms with Crippen molar-refractivity contribution >= 4 is 44.8 Å². The van der Waals surface area contributed by atoms with Crippen molar-refractivity contribution < 1.29 is 13.2 Å². The average molecular weight is 346 g/mol. The minimum Gasteiger partial charge on any atom is -0.306 e. The molecule has 1 N–H and O–H groups in total. The van der Waals surface area contributed by atoms with Crippen molar-refractivity contribution in [1.82, 2.24) is 9.97 Å². The highest BCUT2D eigenvalue weighted by Crippen LogP contribution is 2.16. The standard InChI is InChI=1S/C12H9Cl2N3O3S/c1-21(19,20)8-4-2-3-7(5-8)11(18)16-10-6-9(13)15-12(14)17-10/h2-6H,1H3,(H,15,16,17,18). The maximum absolute atomic E-state index is 12.1. The molecular formula is C12H9Cl2N3O3S. The Morgan fingerprint density at radius 1 is 1.19 bits per heavy atom. The van der Waals surface area contributed by atoms with Crippen LogP contribution >= 0.6 is 23.2 Å². The van der Waals surface area contributed by atoms with Gasteiger partial charge in [-0.2, -0.15) is 0 Å². The quantitative estimate of drug-likeness (QED) is 0.681. The molecule has 0 saturated heterocycles. The summed E-state index contributed by atoms with van der Waals surface area (Å²) in [6.07, 6.45) is 1.06. The molecule has 0 fully saturated rings. The number of anilines is 1. The second-order valence-electron chi connectivity index (χ2n) is 4.10. The second kappa shape index (κ2) is 5.97. The number of hydrogen-bond donors (Lipinski definition) is 1. The highest BCUT2D eigenvalue weighted by molar-refractivity contribution is 7.90. The van der Waals surface area contributed by atoms with Gasteiger partial charge in [0.1, 0.15) is 11.0 Å². The van der Waals surface area contributed by atoms with E-state index in [0.29, 0.717) is 0 Å². The van der Waals surface area contributed by atoms with E-state index in [1.54, 1.807) is 0 Å². The van der Waals surface area contributed by atoms with Crippen LogP contribution in [0.3, 0.4) is 0 Å². The summed E-state index contributed by atoms with van der Waals surface area (Å²) < 4.78 is 22.9. The minimum absolute atomic E-state index is 0.0499. The first kappa shape index (κ1) is 15.7. The Kier molecular flexibility index (Phi) is 4.46. The zero-order valence-corrected chi connectivity index (χ0v) is 13.0. The van der Waals surface area contributed by atoms with Gasteiger partial charge >= 0.3 is 0 Å². The zero-order chi connectivity index (χ0) is 15.6. The smallest absolute Gasteiger partial charge is 0.256 e. The molecule has 1 amide bonds. The normalized spacial score (nSPS) is 11.2. The molecule has 0 aliphatic heterocycles. The first-order valence-corrected chi connectivity index (χ1v) is 8.22. The Morgan fingerprint density at radius 3 is 2.52 bits per heavy atom. The molecular weight excluding hydrogens is 337 g/mol. The summed E-state index contributed by atoms with van der Waals surface area (Å²) >= 11 is 11.3. The molecule has 0 saturated carbocycles. The Morgan fingerprint density at radius 2 is 1.90 bits per heavy atom. The van der Waals surface area contributed by atoms with Gasteiger partial charge < -0.3 is 5.32 Å². The van der Waals surface area contributed by atoms with E-state index in [0.717, 1.165) is 6.26 Å². The summed E-state index contributed by atoms with van der Waals surface area (Å²) in [5.74, 6) is -0.416. The van der Waals surface area contributed by atoms with Crippen molar-refractivity contribution in [3.63, 3.8) is 0 Å². The van der Waals surface area contributed by atoms with Gasteiger partial charge in [0.15, 0.2) is 9.84 Å². The molecule has 0 unspecified atom stereocenters. The van der Waals surface area contributed by atoms with Gasteiger partial charge in [0.25, 0.3) is 5.91 Å². The lowest BCUT2D eigenvalue weighted by molar-refractivity contribution is 0.102. The monoisotopic (exact) mass is 345 g/mol. The molecule has 0 aliphatic rings. The number of hydrogen-bond acceptors (Lipinski definition) is 5. The van der Waals surface area contributed by atoms with E-state index in [4.69, 9.17) is 23.2 Å².